The Morgan fingerprint density at radius 1 is 1.69 bits per heavy atom. The smallest absolute Gasteiger partial charge is 0.164 e. The molecule has 6 heteroatoms. The molecule has 2 heterocycles. The van der Waals surface area contributed by atoms with Gasteiger partial charge in [-0.1, -0.05) is 0 Å². The van der Waals surface area contributed by atoms with Gasteiger partial charge in [-0.2, -0.15) is 5.10 Å². The van der Waals surface area contributed by atoms with Crippen LogP contribution in [0.25, 0.3) is 0 Å². The van der Waals surface area contributed by atoms with Gasteiger partial charge in [0, 0.05) is 0 Å². The van der Waals surface area contributed by atoms with Gasteiger partial charge in [-0.25, -0.2) is 9.67 Å². The van der Waals surface area contributed by atoms with Crippen molar-refractivity contribution in [3.8, 4) is 0 Å². The summed E-state index contributed by atoms with van der Waals surface area (Å²) in [5.74, 6) is 0.583. The highest BCUT2D eigenvalue weighted by Crippen LogP contribution is 2.17. The van der Waals surface area contributed by atoms with Crippen molar-refractivity contribution in [2.24, 2.45) is 5.73 Å². The highest BCUT2D eigenvalue weighted by Gasteiger charge is 2.28. The van der Waals surface area contributed by atoms with Crippen LogP contribution in [0.1, 0.15) is 11.9 Å². The van der Waals surface area contributed by atoms with Crippen LogP contribution in [-0.2, 0) is 11.3 Å². The van der Waals surface area contributed by atoms with Gasteiger partial charge in [-0.3, -0.25) is 0 Å². The molecule has 0 aliphatic carbocycles. The molecule has 0 bridgehead atoms. The van der Waals surface area contributed by atoms with Crippen molar-refractivity contribution in [1.82, 2.24) is 14.8 Å². The van der Waals surface area contributed by atoms with E-state index in [1.165, 1.54) is 0 Å². The summed E-state index contributed by atoms with van der Waals surface area (Å²) >= 11 is 0. The lowest BCUT2D eigenvalue weighted by molar-refractivity contribution is 0.118. The highest BCUT2D eigenvalue weighted by atomic mass is 16.5. The molecule has 1 saturated heterocycles. The van der Waals surface area contributed by atoms with Gasteiger partial charge < -0.3 is 15.6 Å². The number of hydrogen-bond donors (Lipinski definition) is 2. The minimum Gasteiger partial charge on any atom is -0.388 e. The summed E-state index contributed by atoms with van der Waals surface area (Å²) in [7, 11) is 0. The molecule has 72 valence electrons. The fourth-order valence-electron chi connectivity index (χ4n) is 1.35. The van der Waals surface area contributed by atoms with E-state index in [1.54, 1.807) is 11.0 Å². The number of hydrogen-bond acceptors (Lipinski definition) is 5. The molecular weight excluding hydrogens is 172 g/mol. The van der Waals surface area contributed by atoms with E-state index in [0.29, 0.717) is 25.6 Å². The minimum atomic E-state index is -0.493. The molecule has 0 radical (unpaired) electrons. The zero-order valence-corrected chi connectivity index (χ0v) is 7.13. The lowest BCUT2D eigenvalue weighted by atomic mass is 10.2. The number of aliphatic hydroxyl groups is 1. The quantitative estimate of drug-likeness (QED) is 0.594. The second-order valence-corrected chi connectivity index (χ2v) is 3.02. The molecule has 1 aliphatic rings. The van der Waals surface area contributed by atoms with E-state index >= 15 is 0 Å². The van der Waals surface area contributed by atoms with Gasteiger partial charge in [0.25, 0.3) is 0 Å². The number of nitrogens with two attached hydrogens (primary N) is 1. The van der Waals surface area contributed by atoms with Crippen LogP contribution in [0.3, 0.4) is 0 Å². The van der Waals surface area contributed by atoms with Gasteiger partial charge >= 0.3 is 0 Å². The van der Waals surface area contributed by atoms with Gasteiger partial charge in [-0.05, 0) is 0 Å². The van der Waals surface area contributed by atoms with Crippen molar-refractivity contribution in [2.75, 3.05) is 13.2 Å². The van der Waals surface area contributed by atoms with E-state index in [0.717, 1.165) is 0 Å². The molecular formula is C7H12N4O2. The minimum absolute atomic E-state index is 0.118. The normalized spacial score (nSPS) is 28.2. The standard InChI is InChI=1S/C7H12N4O2/c8-1-7-9-4-11(10-7)5-2-13-3-6(5)12/h4-6,12H,1-3,8H2. The van der Waals surface area contributed by atoms with Gasteiger partial charge in [0.2, 0.25) is 0 Å². The van der Waals surface area contributed by atoms with E-state index in [9.17, 15) is 5.11 Å². The van der Waals surface area contributed by atoms with Crippen LogP contribution in [0, 0.1) is 0 Å². The van der Waals surface area contributed by atoms with Gasteiger partial charge in [0.05, 0.1) is 19.8 Å². The Balaban J connectivity index is 2.15. The zero-order chi connectivity index (χ0) is 9.26. The molecule has 1 aliphatic heterocycles. The maximum atomic E-state index is 9.48. The van der Waals surface area contributed by atoms with Gasteiger partial charge in [-0.15, -0.1) is 0 Å². The number of aliphatic hydroxyl groups excluding tert-OH is 1. The Hall–Kier alpha value is -0.980. The summed E-state index contributed by atoms with van der Waals surface area (Å²) in [6.07, 6.45) is 1.08. The SMILES string of the molecule is NCc1ncn(C2COCC2O)n1. The lowest BCUT2D eigenvalue weighted by Crippen LogP contribution is -2.22. The molecule has 1 aromatic heterocycles. The third kappa shape index (κ3) is 1.55. The molecule has 2 atom stereocenters. The van der Waals surface area contributed by atoms with Crippen molar-refractivity contribution in [3.05, 3.63) is 12.2 Å². The summed E-state index contributed by atoms with van der Waals surface area (Å²) < 4.78 is 6.71. The first-order valence-electron chi connectivity index (χ1n) is 4.17. The summed E-state index contributed by atoms with van der Waals surface area (Å²) in [4.78, 5) is 3.97. The van der Waals surface area contributed by atoms with Gasteiger partial charge in [0.1, 0.15) is 18.5 Å². The molecule has 3 N–H and O–H groups in total. The van der Waals surface area contributed by atoms with Crippen molar-refractivity contribution in [1.29, 1.82) is 0 Å². The average molecular weight is 184 g/mol. The Kier molecular flexibility index (Phi) is 2.26. The van der Waals surface area contributed by atoms with E-state index in [1.807, 2.05) is 0 Å². The van der Waals surface area contributed by atoms with E-state index in [4.69, 9.17) is 10.5 Å². The molecule has 2 rings (SSSR count). The average Bonchev–Trinajstić information content (AvgIpc) is 2.71. The highest BCUT2D eigenvalue weighted by molar-refractivity contribution is 4.86. The Labute approximate surface area is 75.3 Å². The zero-order valence-electron chi connectivity index (χ0n) is 7.13. The van der Waals surface area contributed by atoms with Crippen molar-refractivity contribution >= 4 is 0 Å². The number of ether oxygens (including phenoxy) is 1. The molecule has 0 amide bonds. The summed E-state index contributed by atoms with van der Waals surface area (Å²) in [5.41, 5.74) is 5.36. The Morgan fingerprint density at radius 3 is 3.08 bits per heavy atom. The topological polar surface area (TPSA) is 86.2 Å². The van der Waals surface area contributed by atoms with Crippen molar-refractivity contribution in [3.63, 3.8) is 0 Å². The summed E-state index contributed by atoms with van der Waals surface area (Å²) in [5, 5.41) is 13.6. The Morgan fingerprint density at radius 2 is 2.54 bits per heavy atom. The van der Waals surface area contributed by atoms with Crippen LogP contribution in [0.2, 0.25) is 0 Å². The molecule has 6 nitrogen and oxygen atoms in total. The van der Waals surface area contributed by atoms with Crippen LogP contribution >= 0.6 is 0 Å². The molecule has 1 fully saturated rings. The fourth-order valence-corrected chi connectivity index (χ4v) is 1.35. The maximum Gasteiger partial charge on any atom is 0.164 e. The van der Waals surface area contributed by atoms with E-state index < -0.39 is 6.10 Å². The lowest BCUT2D eigenvalue weighted by Gasteiger charge is -2.11. The summed E-state index contributed by atoms with van der Waals surface area (Å²) in [6, 6.07) is -0.118. The molecule has 1 aromatic rings. The number of aromatic nitrogens is 3. The number of nitrogens with zero attached hydrogens (tertiary/aromatic N) is 3. The summed E-state index contributed by atoms with van der Waals surface area (Å²) in [6.45, 7) is 1.16. The molecule has 0 aromatic carbocycles. The van der Waals surface area contributed by atoms with Crippen LogP contribution in [-0.4, -0.2) is 39.2 Å². The second-order valence-electron chi connectivity index (χ2n) is 3.02. The molecule has 0 saturated carbocycles. The number of rotatable bonds is 2. The first-order chi connectivity index (χ1) is 6.31. The van der Waals surface area contributed by atoms with Crippen LogP contribution in [0.4, 0.5) is 0 Å². The molecule has 2 unspecified atom stereocenters. The molecule has 13 heavy (non-hydrogen) atoms. The van der Waals surface area contributed by atoms with E-state index in [2.05, 4.69) is 10.1 Å². The molecule has 0 spiro atoms. The Bertz CT molecular complexity index is 288. The van der Waals surface area contributed by atoms with Crippen LogP contribution in [0.15, 0.2) is 6.33 Å². The van der Waals surface area contributed by atoms with Crippen LogP contribution < -0.4 is 5.73 Å². The fraction of sp³-hybridized carbons (Fsp3) is 0.714. The predicted molar refractivity (Wildman–Crippen MR) is 43.8 cm³/mol. The maximum absolute atomic E-state index is 9.48. The predicted octanol–water partition coefficient (Wildman–Crippen LogP) is -1.33. The third-order valence-electron chi connectivity index (χ3n) is 2.10. The van der Waals surface area contributed by atoms with Gasteiger partial charge in [0.15, 0.2) is 5.82 Å². The van der Waals surface area contributed by atoms with Crippen molar-refractivity contribution in [2.45, 2.75) is 18.7 Å². The van der Waals surface area contributed by atoms with Crippen molar-refractivity contribution < 1.29 is 9.84 Å². The monoisotopic (exact) mass is 184 g/mol. The third-order valence-corrected chi connectivity index (χ3v) is 2.10. The largest absolute Gasteiger partial charge is 0.388 e. The van der Waals surface area contributed by atoms with Crippen LogP contribution in [0.5, 0.6) is 0 Å². The first kappa shape index (κ1) is 8.61. The second kappa shape index (κ2) is 3.41. The first-order valence-corrected chi connectivity index (χ1v) is 4.17. The van der Waals surface area contributed by atoms with E-state index in [-0.39, 0.29) is 6.04 Å².